The predicted octanol–water partition coefficient (Wildman–Crippen LogP) is 1.54. The second-order valence-electron chi connectivity index (χ2n) is 6.68. The molecule has 2 saturated heterocycles. The molecule has 26 heavy (non-hydrogen) atoms. The number of guanidine groups is 1. The first-order chi connectivity index (χ1) is 12.8. The largest absolute Gasteiger partial charge is 0.379 e. The Morgan fingerprint density at radius 2 is 2.00 bits per heavy atom. The van der Waals surface area contributed by atoms with E-state index >= 15 is 0 Å². The van der Waals surface area contributed by atoms with Gasteiger partial charge < -0.3 is 20.1 Å². The van der Waals surface area contributed by atoms with Crippen molar-refractivity contribution in [3.8, 4) is 0 Å². The van der Waals surface area contributed by atoms with Gasteiger partial charge in [-0.2, -0.15) is 0 Å². The van der Waals surface area contributed by atoms with Gasteiger partial charge >= 0.3 is 0 Å². The Bertz CT molecular complexity index is 569. The fourth-order valence-corrected chi connectivity index (χ4v) is 3.46. The predicted molar refractivity (Wildman–Crippen MR) is 99.9 cm³/mol. The first-order valence-corrected chi connectivity index (χ1v) is 9.39. The zero-order chi connectivity index (χ0) is 18.2. The summed E-state index contributed by atoms with van der Waals surface area (Å²) in [7, 11) is 1.77. The minimum atomic E-state index is -0.212. The number of rotatable bonds is 6. The van der Waals surface area contributed by atoms with Gasteiger partial charge in [0.25, 0.3) is 0 Å². The first kappa shape index (κ1) is 19.1. The van der Waals surface area contributed by atoms with Gasteiger partial charge in [0.15, 0.2) is 5.96 Å². The molecule has 2 unspecified atom stereocenters. The molecule has 7 heteroatoms. The minimum absolute atomic E-state index is 0.140. The minimum Gasteiger partial charge on any atom is -0.379 e. The average molecular weight is 364 g/mol. The van der Waals surface area contributed by atoms with E-state index < -0.39 is 0 Å². The quantitative estimate of drug-likeness (QED) is 0.592. The van der Waals surface area contributed by atoms with Gasteiger partial charge in [-0.3, -0.25) is 9.89 Å². The molecule has 0 saturated carbocycles. The lowest BCUT2D eigenvalue weighted by molar-refractivity contribution is 0.0169. The zero-order valence-corrected chi connectivity index (χ0v) is 15.4. The highest BCUT2D eigenvalue weighted by Gasteiger charge is 2.23. The van der Waals surface area contributed by atoms with Crippen LogP contribution >= 0.6 is 0 Å². The molecule has 0 amide bonds. The number of ether oxygens (including phenoxy) is 2. The molecular formula is C19H29FN4O2. The highest BCUT2D eigenvalue weighted by atomic mass is 19.1. The second kappa shape index (κ2) is 9.85. The van der Waals surface area contributed by atoms with Crippen LogP contribution in [0.15, 0.2) is 29.3 Å². The standard InChI is InChI=1S/C19H29FN4O2/c1-21-19(22-13-17-3-2-10-26-17)23-14-18(24-8-11-25-12-9-24)15-4-6-16(20)7-5-15/h4-7,17-18H,2-3,8-14H2,1H3,(H2,21,22,23). The van der Waals surface area contributed by atoms with Crippen molar-refractivity contribution in [3.63, 3.8) is 0 Å². The Labute approximate surface area is 154 Å². The van der Waals surface area contributed by atoms with Gasteiger partial charge in [0, 0.05) is 39.8 Å². The zero-order valence-electron chi connectivity index (χ0n) is 15.4. The van der Waals surface area contributed by atoms with Crippen LogP contribution < -0.4 is 10.6 Å². The molecule has 2 fully saturated rings. The molecule has 2 aliphatic rings. The van der Waals surface area contributed by atoms with Gasteiger partial charge in [0.05, 0.1) is 25.4 Å². The Morgan fingerprint density at radius 3 is 2.65 bits per heavy atom. The number of hydrogen-bond donors (Lipinski definition) is 2. The maximum atomic E-state index is 13.3. The molecule has 0 aliphatic carbocycles. The van der Waals surface area contributed by atoms with Crippen LogP contribution in [0.4, 0.5) is 4.39 Å². The molecule has 0 bridgehead atoms. The van der Waals surface area contributed by atoms with E-state index in [1.807, 2.05) is 12.1 Å². The number of aliphatic imine (C=N–C) groups is 1. The summed E-state index contributed by atoms with van der Waals surface area (Å²) in [6.45, 7) is 5.49. The van der Waals surface area contributed by atoms with Gasteiger partial charge in [-0.1, -0.05) is 12.1 Å². The molecule has 6 nitrogen and oxygen atoms in total. The molecule has 0 radical (unpaired) electrons. The van der Waals surface area contributed by atoms with E-state index in [1.54, 1.807) is 7.05 Å². The Morgan fingerprint density at radius 1 is 1.23 bits per heavy atom. The maximum Gasteiger partial charge on any atom is 0.191 e. The Balaban J connectivity index is 1.59. The normalized spacial score (nSPS) is 23.0. The third-order valence-corrected chi connectivity index (χ3v) is 4.95. The summed E-state index contributed by atoms with van der Waals surface area (Å²) >= 11 is 0. The summed E-state index contributed by atoms with van der Waals surface area (Å²) in [6.07, 6.45) is 2.48. The van der Waals surface area contributed by atoms with Crippen LogP contribution in [0.1, 0.15) is 24.4 Å². The average Bonchev–Trinajstić information content (AvgIpc) is 3.20. The van der Waals surface area contributed by atoms with Crippen LogP contribution in [-0.4, -0.2) is 70.0 Å². The molecule has 2 atom stereocenters. The first-order valence-electron chi connectivity index (χ1n) is 9.39. The van der Waals surface area contributed by atoms with E-state index in [9.17, 15) is 4.39 Å². The number of nitrogens with one attached hydrogen (secondary N) is 2. The van der Waals surface area contributed by atoms with Gasteiger partial charge in [0.2, 0.25) is 0 Å². The molecule has 2 heterocycles. The van der Waals surface area contributed by atoms with E-state index in [4.69, 9.17) is 9.47 Å². The maximum absolute atomic E-state index is 13.3. The van der Waals surface area contributed by atoms with Crippen LogP contribution in [0.25, 0.3) is 0 Å². The Hall–Kier alpha value is -1.70. The highest BCUT2D eigenvalue weighted by Crippen LogP contribution is 2.21. The lowest BCUT2D eigenvalue weighted by Gasteiger charge is -2.35. The monoisotopic (exact) mass is 364 g/mol. The van der Waals surface area contributed by atoms with E-state index in [0.29, 0.717) is 6.54 Å². The fraction of sp³-hybridized carbons (Fsp3) is 0.632. The fourth-order valence-electron chi connectivity index (χ4n) is 3.46. The summed E-state index contributed by atoms with van der Waals surface area (Å²) in [6, 6.07) is 6.90. The lowest BCUT2D eigenvalue weighted by atomic mass is 10.0. The van der Waals surface area contributed by atoms with Crippen molar-refractivity contribution in [2.45, 2.75) is 25.0 Å². The summed E-state index contributed by atoms with van der Waals surface area (Å²) in [4.78, 5) is 6.68. The molecule has 1 aromatic carbocycles. The topological polar surface area (TPSA) is 58.1 Å². The number of benzene rings is 1. The van der Waals surface area contributed by atoms with Crippen molar-refractivity contribution in [2.75, 3.05) is 53.0 Å². The summed E-state index contributed by atoms with van der Waals surface area (Å²) in [5.41, 5.74) is 1.09. The van der Waals surface area contributed by atoms with Crippen molar-refractivity contribution in [2.24, 2.45) is 4.99 Å². The third-order valence-electron chi connectivity index (χ3n) is 4.95. The summed E-state index contributed by atoms with van der Waals surface area (Å²) < 4.78 is 24.4. The van der Waals surface area contributed by atoms with Gasteiger partial charge in [-0.25, -0.2) is 4.39 Å². The number of hydrogen-bond acceptors (Lipinski definition) is 4. The number of halogens is 1. The van der Waals surface area contributed by atoms with Gasteiger partial charge in [-0.05, 0) is 30.5 Å². The second-order valence-corrected chi connectivity index (χ2v) is 6.68. The van der Waals surface area contributed by atoms with Crippen LogP contribution in [0.5, 0.6) is 0 Å². The number of nitrogens with zero attached hydrogens (tertiary/aromatic N) is 2. The van der Waals surface area contributed by atoms with E-state index in [0.717, 1.165) is 63.8 Å². The van der Waals surface area contributed by atoms with Gasteiger partial charge in [0.1, 0.15) is 5.82 Å². The van der Waals surface area contributed by atoms with Crippen molar-refractivity contribution < 1.29 is 13.9 Å². The SMILES string of the molecule is CN=C(NCC1CCCO1)NCC(c1ccc(F)cc1)N1CCOCC1. The highest BCUT2D eigenvalue weighted by molar-refractivity contribution is 5.79. The molecule has 0 spiro atoms. The molecule has 1 aromatic rings. The van der Waals surface area contributed by atoms with Crippen LogP contribution in [-0.2, 0) is 9.47 Å². The van der Waals surface area contributed by atoms with Gasteiger partial charge in [-0.15, -0.1) is 0 Å². The Kier molecular flexibility index (Phi) is 7.22. The van der Waals surface area contributed by atoms with Crippen LogP contribution in [0.2, 0.25) is 0 Å². The van der Waals surface area contributed by atoms with Crippen LogP contribution in [0, 0.1) is 5.82 Å². The molecule has 3 rings (SSSR count). The van der Waals surface area contributed by atoms with E-state index in [-0.39, 0.29) is 18.0 Å². The van der Waals surface area contributed by atoms with Crippen molar-refractivity contribution in [1.29, 1.82) is 0 Å². The number of morpholine rings is 1. The smallest absolute Gasteiger partial charge is 0.191 e. The third kappa shape index (κ3) is 5.40. The molecular weight excluding hydrogens is 335 g/mol. The lowest BCUT2D eigenvalue weighted by Crippen LogP contribution is -2.47. The summed E-state index contributed by atoms with van der Waals surface area (Å²) in [5, 5.41) is 6.75. The van der Waals surface area contributed by atoms with E-state index in [1.165, 1.54) is 12.1 Å². The van der Waals surface area contributed by atoms with E-state index in [2.05, 4.69) is 20.5 Å². The molecule has 144 valence electrons. The van der Waals surface area contributed by atoms with Crippen molar-refractivity contribution >= 4 is 5.96 Å². The van der Waals surface area contributed by atoms with Crippen LogP contribution in [0.3, 0.4) is 0 Å². The summed E-state index contributed by atoms with van der Waals surface area (Å²) in [5.74, 6) is 0.553. The molecule has 0 aromatic heterocycles. The molecule has 2 aliphatic heterocycles. The van der Waals surface area contributed by atoms with Crippen molar-refractivity contribution in [3.05, 3.63) is 35.6 Å². The van der Waals surface area contributed by atoms with Crippen molar-refractivity contribution in [1.82, 2.24) is 15.5 Å². The molecule has 2 N–H and O–H groups in total.